The van der Waals surface area contributed by atoms with E-state index in [1.807, 2.05) is 0 Å². The van der Waals surface area contributed by atoms with Crippen LogP contribution in [0.25, 0.3) is 0 Å². The Morgan fingerprint density at radius 3 is 2.12 bits per heavy atom. The molecule has 1 aromatic carbocycles. The molecule has 0 aliphatic carbocycles. The molecule has 90 valence electrons. The molecule has 0 heterocycles. The quantitative estimate of drug-likeness (QED) is 0.502. The van der Waals surface area contributed by atoms with E-state index in [4.69, 9.17) is 51.1 Å². The van der Waals surface area contributed by atoms with Gasteiger partial charge in [-0.2, -0.15) is 0 Å². The molecule has 0 aliphatic heterocycles. The number of benzene rings is 1. The summed E-state index contributed by atoms with van der Waals surface area (Å²) in [7, 11) is 0. The number of alkyl halides is 1. The number of ether oxygens (including phenoxy) is 1. The highest BCUT2D eigenvalue weighted by molar-refractivity contribution is 6.40. The molecule has 0 amide bonds. The fourth-order valence-electron chi connectivity index (χ4n) is 1.21. The van der Waals surface area contributed by atoms with Crippen LogP contribution in [0.4, 0.5) is 0 Å². The van der Waals surface area contributed by atoms with Crippen LogP contribution in [0.15, 0.2) is 12.1 Å². The Hall–Kier alpha value is 0.180. The van der Waals surface area contributed by atoms with Crippen molar-refractivity contribution in [2.75, 3.05) is 12.5 Å². The summed E-state index contributed by atoms with van der Waals surface area (Å²) >= 11 is 23.3. The number of hydrogen-bond acceptors (Lipinski definition) is 1. The number of rotatable bonds is 6. The van der Waals surface area contributed by atoms with E-state index in [-0.39, 0.29) is 0 Å². The van der Waals surface area contributed by atoms with E-state index in [2.05, 4.69) is 0 Å². The SMILES string of the molecule is ClCCCCCOc1c(Cl)cc(Cl)cc1Cl. The van der Waals surface area contributed by atoms with Gasteiger partial charge in [0.2, 0.25) is 0 Å². The molecule has 0 spiro atoms. The van der Waals surface area contributed by atoms with Crippen molar-refractivity contribution < 1.29 is 4.74 Å². The van der Waals surface area contributed by atoms with Crippen LogP contribution < -0.4 is 4.74 Å². The molecule has 0 unspecified atom stereocenters. The van der Waals surface area contributed by atoms with E-state index in [1.54, 1.807) is 12.1 Å². The summed E-state index contributed by atoms with van der Waals surface area (Å²) in [5.74, 6) is 1.18. The van der Waals surface area contributed by atoms with E-state index in [0.717, 1.165) is 19.3 Å². The van der Waals surface area contributed by atoms with Crippen molar-refractivity contribution in [2.24, 2.45) is 0 Å². The molecule has 0 saturated carbocycles. The highest BCUT2D eigenvalue weighted by atomic mass is 35.5. The van der Waals surface area contributed by atoms with Crippen LogP contribution in [0, 0.1) is 0 Å². The van der Waals surface area contributed by atoms with Gasteiger partial charge < -0.3 is 4.74 Å². The first kappa shape index (κ1) is 14.2. The van der Waals surface area contributed by atoms with Crippen LogP contribution in [0.3, 0.4) is 0 Å². The van der Waals surface area contributed by atoms with Crippen LogP contribution in [0.1, 0.15) is 19.3 Å². The summed E-state index contributed by atoms with van der Waals surface area (Å²) in [6, 6.07) is 3.23. The van der Waals surface area contributed by atoms with Crippen LogP contribution in [-0.2, 0) is 0 Å². The molecule has 0 fully saturated rings. The van der Waals surface area contributed by atoms with Gasteiger partial charge in [0.25, 0.3) is 0 Å². The lowest BCUT2D eigenvalue weighted by atomic mass is 10.2. The highest BCUT2D eigenvalue weighted by Gasteiger charge is 2.08. The second-order valence-electron chi connectivity index (χ2n) is 3.30. The zero-order chi connectivity index (χ0) is 12.0. The minimum atomic E-state index is 0.440. The Labute approximate surface area is 116 Å². The predicted molar refractivity (Wildman–Crippen MR) is 71.5 cm³/mol. The fraction of sp³-hybridized carbons (Fsp3) is 0.455. The maximum Gasteiger partial charge on any atom is 0.156 e. The third-order valence-corrected chi connectivity index (χ3v) is 3.03. The zero-order valence-electron chi connectivity index (χ0n) is 8.61. The molecule has 0 atom stereocenters. The monoisotopic (exact) mass is 300 g/mol. The molecule has 16 heavy (non-hydrogen) atoms. The number of halogens is 4. The largest absolute Gasteiger partial charge is 0.490 e. The highest BCUT2D eigenvalue weighted by Crippen LogP contribution is 2.35. The summed E-state index contributed by atoms with van der Waals surface area (Å²) in [4.78, 5) is 0. The Bertz CT molecular complexity index is 318. The van der Waals surface area contributed by atoms with Crippen LogP contribution in [0.5, 0.6) is 5.75 Å². The first-order chi connectivity index (χ1) is 7.65. The molecule has 1 aromatic rings. The van der Waals surface area contributed by atoms with Crippen molar-refractivity contribution in [2.45, 2.75) is 19.3 Å². The van der Waals surface area contributed by atoms with E-state index in [9.17, 15) is 0 Å². The maximum absolute atomic E-state index is 5.96. The van der Waals surface area contributed by atoms with E-state index < -0.39 is 0 Å². The number of hydrogen-bond donors (Lipinski definition) is 0. The van der Waals surface area contributed by atoms with E-state index in [0.29, 0.717) is 33.3 Å². The Balaban J connectivity index is 2.47. The lowest BCUT2D eigenvalue weighted by Gasteiger charge is -2.09. The van der Waals surface area contributed by atoms with Gasteiger partial charge in [-0.3, -0.25) is 0 Å². The Kier molecular flexibility index (Phi) is 6.67. The van der Waals surface area contributed by atoms with Crippen molar-refractivity contribution in [3.63, 3.8) is 0 Å². The van der Waals surface area contributed by atoms with Crippen molar-refractivity contribution in [1.82, 2.24) is 0 Å². The molecule has 1 nitrogen and oxygen atoms in total. The molecular weight excluding hydrogens is 290 g/mol. The third-order valence-electron chi connectivity index (χ3n) is 1.99. The van der Waals surface area contributed by atoms with E-state index in [1.165, 1.54) is 0 Å². The van der Waals surface area contributed by atoms with Gasteiger partial charge in [0, 0.05) is 10.9 Å². The van der Waals surface area contributed by atoms with Crippen molar-refractivity contribution >= 4 is 46.4 Å². The van der Waals surface area contributed by atoms with Gasteiger partial charge >= 0.3 is 0 Å². The Morgan fingerprint density at radius 1 is 0.938 bits per heavy atom. The minimum absolute atomic E-state index is 0.440. The molecule has 0 aliphatic rings. The molecule has 0 bridgehead atoms. The zero-order valence-corrected chi connectivity index (χ0v) is 11.6. The van der Waals surface area contributed by atoms with Gasteiger partial charge in [-0.05, 0) is 31.4 Å². The van der Waals surface area contributed by atoms with Crippen molar-refractivity contribution in [1.29, 1.82) is 0 Å². The molecule has 0 radical (unpaired) electrons. The molecule has 1 rings (SSSR count). The van der Waals surface area contributed by atoms with Crippen molar-refractivity contribution in [3.05, 3.63) is 27.2 Å². The van der Waals surface area contributed by atoms with Gasteiger partial charge in [-0.25, -0.2) is 0 Å². The standard InChI is InChI=1S/C11H12Cl4O/c12-4-2-1-3-5-16-11-9(14)6-8(13)7-10(11)15/h6-7H,1-5H2. The second-order valence-corrected chi connectivity index (χ2v) is 4.93. The molecule has 0 saturated heterocycles. The van der Waals surface area contributed by atoms with Gasteiger partial charge in [-0.1, -0.05) is 34.8 Å². The first-order valence-electron chi connectivity index (χ1n) is 4.98. The second kappa shape index (κ2) is 7.50. The summed E-state index contributed by atoms with van der Waals surface area (Å²) in [6.45, 7) is 0.581. The Morgan fingerprint density at radius 2 is 1.56 bits per heavy atom. The lowest BCUT2D eigenvalue weighted by Crippen LogP contribution is -1.98. The first-order valence-corrected chi connectivity index (χ1v) is 6.65. The molecule has 0 N–H and O–H groups in total. The van der Waals surface area contributed by atoms with Crippen LogP contribution in [-0.4, -0.2) is 12.5 Å². The van der Waals surface area contributed by atoms with Crippen LogP contribution in [0.2, 0.25) is 15.1 Å². The molecule has 5 heteroatoms. The maximum atomic E-state index is 5.96. The number of unbranched alkanes of at least 4 members (excludes halogenated alkanes) is 2. The average molecular weight is 302 g/mol. The average Bonchev–Trinajstić information content (AvgIpc) is 2.20. The van der Waals surface area contributed by atoms with Crippen molar-refractivity contribution in [3.8, 4) is 5.75 Å². The van der Waals surface area contributed by atoms with Gasteiger partial charge in [0.05, 0.1) is 16.7 Å². The predicted octanol–water partition coefficient (Wildman–Crippen LogP) is 5.43. The third kappa shape index (κ3) is 4.58. The molecule has 0 aromatic heterocycles. The molecular formula is C11H12Cl4O. The summed E-state index contributed by atoms with van der Waals surface area (Å²) < 4.78 is 5.50. The van der Waals surface area contributed by atoms with Gasteiger partial charge in [-0.15, -0.1) is 11.6 Å². The summed E-state index contributed by atoms with van der Waals surface area (Å²) in [5.41, 5.74) is 0. The van der Waals surface area contributed by atoms with Gasteiger partial charge in [0.15, 0.2) is 5.75 Å². The lowest BCUT2D eigenvalue weighted by molar-refractivity contribution is 0.307. The summed E-state index contributed by atoms with van der Waals surface area (Å²) in [5, 5.41) is 1.38. The normalized spacial score (nSPS) is 10.5. The fourth-order valence-corrected chi connectivity index (χ4v) is 2.33. The minimum Gasteiger partial charge on any atom is -0.490 e. The van der Waals surface area contributed by atoms with Crippen LogP contribution >= 0.6 is 46.4 Å². The van der Waals surface area contributed by atoms with Gasteiger partial charge in [0.1, 0.15) is 0 Å². The van der Waals surface area contributed by atoms with E-state index >= 15 is 0 Å². The summed E-state index contributed by atoms with van der Waals surface area (Å²) in [6.07, 6.45) is 2.96. The smallest absolute Gasteiger partial charge is 0.156 e. The topological polar surface area (TPSA) is 9.23 Å².